The minimum absolute atomic E-state index is 0.0170. The summed E-state index contributed by atoms with van der Waals surface area (Å²) in [7, 11) is 0. The second-order valence-electron chi connectivity index (χ2n) is 6.91. The molecule has 0 atom stereocenters. The molecule has 2 aliphatic rings. The molecule has 1 aromatic heterocycles. The smallest absolute Gasteiger partial charge is 0.422 e. The van der Waals surface area contributed by atoms with Gasteiger partial charge in [0.1, 0.15) is 24.7 Å². The summed E-state index contributed by atoms with van der Waals surface area (Å²) >= 11 is 0. The van der Waals surface area contributed by atoms with Gasteiger partial charge in [-0.2, -0.15) is 28.1 Å². The van der Waals surface area contributed by atoms with Crippen molar-refractivity contribution in [3.63, 3.8) is 0 Å². The fraction of sp³-hybridized carbons (Fsp3) is 0.227. The fourth-order valence-electron chi connectivity index (χ4n) is 2.80. The first-order valence-corrected chi connectivity index (χ1v) is 9.99. The van der Waals surface area contributed by atoms with E-state index in [1.54, 1.807) is 24.3 Å². The lowest BCUT2D eigenvalue weighted by Gasteiger charge is -2.12. The van der Waals surface area contributed by atoms with E-state index in [1.807, 2.05) is 36.4 Å². The molecule has 6 bridgehead atoms. The van der Waals surface area contributed by atoms with Gasteiger partial charge in [-0.25, -0.2) is 0 Å². The number of halogens is 3. The molecule has 2 aromatic carbocycles. The van der Waals surface area contributed by atoms with Crippen molar-refractivity contribution in [1.82, 2.24) is 15.0 Å². The number of fused-ring (bicyclic) bond motifs is 7. The van der Waals surface area contributed by atoms with Crippen LogP contribution in [0.25, 0.3) is 0 Å². The van der Waals surface area contributed by atoms with Crippen LogP contribution in [-0.2, 0) is 6.54 Å². The van der Waals surface area contributed by atoms with Crippen molar-refractivity contribution < 1.29 is 27.4 Å². The van der Waals surface area contributed by atoms with Crippen molar-refractivity contribution in [1.29, 1.82) is 0 Å². The average molecular weight is 459 g/mol. The van der Waals surface area contributed by atoms with E-state index in [9.17, 15) is 13.2 Å². The molecule has 2 aliphatic heterocycles. The van der Waals surface area contributed by atoms with Crippen molar-refractivity contribution >= 4 is 17.6 Å². The summed E-state index contributed by atoms with van der Waals surface area (Å²) in [5, 5.41) is 5.93. The van der Waals surface area contributed by atoms with Crippen LogP contribution >= 0.6 is 0 Å². The normalized spacial score (nSPS) is 13.9. The zero-order valence-corrected chi connectivity index (χ0v) is 17.3. The summed E-state index contributed by atoms with van der Waals surface area (Å²) in [6, 6.07) is 13.9. The minimum atomic E-state index is -4.53. The molecular formula is C22H20F3N5O3. The molecule has 0 fully saturated rings. The van der Waals surface area contributed by atoms with E-state index in [1.165, 1.54) is 0 Å². The third-order valence-corrected chi connectivity index (χ3v) is 4.30. The highest BCUT2D eigenvalue weighted by atomic mass is 19.4. The molecule has 33 heavy (non-hydrogen) atoms. The van der Waals surface area contributed by atoms with Crippen LogP contribution in [0.2, 0.25) is 0 Å². The Morgan fingerprint density at radius 1 is 0.879 bits per heavy atom. The standard InChI is InChI=1S/C22H20F3N5O3/c23-22(24,25)14-33-21-29-19-26-13-15-6-8-17(9-7-15)31-10-1-2-11-32-18-5-3-4-16(12-18)27-20(28-19)30-21/h1-9,12H,10-11,13-14H2,(H2,26,27,28,29,30). The maximum absolute atomic E-state index is 12.6. The molecule has 0 amide bonds. The van der Waals surface area contributed by atoms with E-state index in [0.29, 0.717) is 36.9 Å². The first-order valence-electron chi connectivity index (χ1n) is 9.99. The molecule has 5 rings (SSSR count). The number of ether oxygens (including phenoxy) is 3. The van der Waals surface area contributed by atoms with E-state index < -0.39 is 18.8 Å². The Balaban J connectivity index is 1.62. The summed E-state index contributed by atoms with van der Waals surface area (Å²) in [5.41, 5.74) is 1.47. The predicted molar refractivity (Wildman–Crippen MR) is 115 cm³/mol. The van der Waals surface area contributed by atoms with Crippen LogP contribution in [0.5, 0.6) is 17.5 Å². The van der Waals surface area contributed by atoms with E-state index in [-0.39, 0.29) is 11.9 Å². The molecule has 0 saturated carbocycles. The van der Waals surface area contributed by atoms with Crippen molar-refractivity contribution in [2.75, 3.05) is 30.5 Å². The monoisotopic (exact) mass is 459 g/mol. The highest BCUT2D eigenvalue weighted by Crippen LogP contribution is 2.23. The van der Waals surface area contributed by atoms with Crippen molar-refractivity contribution in [3.05, 3.63) is 66.2 Å². The van der Waals surface area contributed by atoms with Gasteiger partial charge in [0.25, 0.3) is 0 Å². The van der Waals surface area contributed by atoms with Gasteiger partial charge in [0.05, 0.1) is 0 Å². The second kappa shape index (κ2) is 10.1. The topological polar surface area (TPSA) is 90.4 Å². The Bertz CT molecular complexity index is 1110. The number of hydrogen-bond acceptors (Lipinski definition) is 8. The van der Waals surface area contributed by atoms with Gasteiger partial charge in [-0.05, 0) is 42.0 Å². The Labute approximate surface area is 187 Å². The summed E-state index contributed by atoms with van der Waals surface area (Å²) in [5.74, 6) is 1.35. The quantitative estimate of drug-likeness (QED) is 0.542. The SMILES string of the molecule is FC(F)(F)COc1nc2nc(n1)Nc1cccc(c1)OCC=CCOc1ccc(cc1)CN2. The first-order chi connectivity index (χ1) is 15.9. The number of alkyl halides is 3. The largest absolute Gasteiger partial charge is 0.490 e. The van der Waals surface area contributed by atoms with Crippen molar-refractivity contribution in [2.24, 2.45) is 0 Å². The van der Waals surface area contributed by atoms with Crippen LogP contribution in [0.3, 0.4) is 0 Å². The molecule has 8 nitrogen and oxygen atoms in total. The van der Waals surface area contributed by atoms with E-state index in [4.69, 9.17) is 14.2 Å². The minimum Gasteiger partial charge on any atom is -0.490 e. The molecule has 0 radical (unpaired) electrons. The van der Waals surface area contributed by atoms with Crippen molar-refractivity contribution in [3.8, 4) is 17.5 Å². The van der Waals surface area contributed by atoms with Crippen LogP contribution < -0.4 is 24.8 Å². The van der Waals surface area contributed by atoms with Gasteiger partial charge in [0.2, 0.25) is 11.9 Å². The van der Waals surface area contributed by atoms with E-state index >= 15 is 0 Å². The lowest BCUT2D eigenvalue weighted by atomic mass is 10.2. The summed E-state index contributed by atoms with van der Waals surface area (Å²) in [4.78, 5) is 12.1. The van der Waals surface area contributed by atoms with Gasteiger partial charge in [0.15, 0.2) is 6.61 Å². The molecule has 0 spiro atoms. The Hall–Kier alpha value is -4.02. The van der Waals surface area contributed by atoms with Gasteiger partial charge in [-0.3, -0.25) is 0 Å². The maximum atomic E-state index is 12.6. The van der Waals surface area contributed by atoms with Gasteiger partial charge in [0, 0.05) is 18.3 Å². The molecule has 0 unspecified atom stereocenters. The van der Waals surface area contributed by atoms with E-state index in [0.717, 1.165) is 5.56 Å². The van der Waals surface area contributed by atoms with Crippen LogP contribution in [-0.4, -0.2) is 40.9 Å². The zero-order chi connectivity index (χ0) is 23.1. The van der Waals surface area contributed by atoms with Gasteiger partial charge >= 0.3 is 12.2 Å². The van der Waals surface area contributed by atoms with Gasteiger partial charge in [-0.15, -0.1) is 0 Å². The second-order valence-corrected chi connectivity index (χ2v) is 6.91. The molecule has 0 aliphatic carbocycles. The fourth-order valence-corrected chi connectivity index (χ4v) is 2.80. The van der Waals surface area contributed by atoms with Crippen LogP contribution in [0.15, 0.2) is 60.7 Å². The van der Waals surface area contributed by atoms with E-state index in [2.05, 4.69) is 25.6 Å². The number of hydrogen-bond donors (Lipinski definition) is 2. The first kappa shape index (κ1) is 22.2. The van der Waals surface area contributed by atoms with Crippen LogP contribution in [0.4, 0.5) is 30.8 Å². The Kier molecular flexibility index (Phi) is 6.77. The molecule has 11 heteroatoms. The Morgan fingerprint density at radius 3 is 2.36 bits per heavy atom. The third kappa shape index (κ3) is 6.99. The molecule has 172 valence electrons. The molecule has 2 N–H and O–H groups in total. The zero-order valence-electron chi connectivity index (χ0n) is 17.3. The third-order valence-electron chi connectivity index (χ3n) is 4.30. The summed E-state index contributed by atoms with van der Waals surface area (Å²) in [6.45, 7) is -0.463. The molecule has 3 aromatic rings. The van der Waals surface area contributed by atoms with Gasteiger partial charge < -0.3 is 24.8 Å². The summed E-state index contributed by atoms with van der Waals surface area (Å²) < 4.78 is 53.9. The lowest BCUT2D eigenvalue weighted by Crippen LogP contribution is -2.21. The molecule has 3 heterocycles. The highest BCUT2D eigenvalue weighted by molar-refractivity contribution is 5.56. The lowest BCUT2D eigenvalue weighted by molar-refractivity contribution is -0.154. The molecule has 0 saturated heterocycles. The number of benzene rings is 2. The Morgan fingerprint density at radius 2 is 1.61 bits per heavy atom. The van der Waals surface area contributed by atoms with Crippen molar-refractivity contribution in [2.45, 2.75) is 12.7 Å². The van der Waals surface area contributed by atoms with Gasteiger partial charge in [-0.1, -0.05) is 18.2 Å². The van der Waals surface area contributed by atoms with Crippen LogP contribution in [0.1, 0.15) is 5.56 Å². The van der Waals surface area contributed by atoms with Crippen LogP contribution in [0, 0.1) is 0 Å². The number of nitrogens with one attached hydrogen (secondary N) is 2. The number of rotatable bonds is 2. The highest BCUT2D eigenvalue weighted by Gasteiger charge is 2.29. The average Bonchev–Trinajstić information content (AvgIpc) is 2.79. The summed E-state index contributed by atoms with van der Waals surface area (Å²) in [6.07, 6.45) is -0.824. The number of anilines is 3. The maximum Gasteiger partial charge on any atom is 0.422 e. The predicted octanol–water partition coefficient (Wildman–Crippen LogP) is 4.50. The molecular weight excluding hydrogens is 439 g/mol. The number of nitrogens with zero attached hydrogens (tertiary/aromatic N) is 3. The number of aromatic nitrogens is 3.